The molecule has 1 aliphatic rings. The number of nitrogens with one attached hydrogen (secondary N) is 1. The molecule has 0 aliphatic heterocycles. The van der Waals surface area contributed by atoms with Gasteiger partial charge in [0.05, 0.1) is 0 Å². The molecule has 1 saturated carbocycles. The summed E-state index contributed by atoms with van der Waals surface area (Å²) >= 11 is 0. The molecule has 1 N–H and O–H groups in total. The van der Waals surface area contributed by atoms with E-state index in [1.165, 1.54) is 25.7 Å². The van der Waals surface area contributed by atoms with Crippen molar-refractivity contribution in [2.24, 2.45) is 5.92 Å². The topological polar surface area (TPSA) is 21.3 Å². The minimum absolute atomic E-state index is 0.272. The molecular formula is C15H21F2NO. The highest BCUT2D eigenvalue weighted by molar-refractivity contribution is 5.33. The summed E-state index contributed by atoms with van der Waals surface area (Å²) in [5.41, 5.74) is 0.793. The monoisotopic (exact) mass is 269 g/mol. The average molecular weight is 269 g/mol. The van der Waals surface area contributed by atoms with Gasteiger partial charge in [-0.25, -0.2) is 0 Å². The number of alkyl halides is 2. The van der Waals surface area contributed by atoms with Crippen LogP contribution in [0, 0.1) is 5.92 Å². The van der Waals surface area contributed by atoms with Gasteiger partial charge in [-0.05, 0) is 37.7 Å². The molecule has 0 spiro atoms. The number of rotatable bonds is 5. The highest BCUT2D eigenvalue weighted by atomic mass is 19.3. The summed E-state index contributed by atoms with van der Waals surface area (Å²) in [5, 5.41) is 3.45. The van der Waals surface area contributed by atoms with Crippen molar-refractivity contribution in [3.63, 3.8) is 0 Å². The smallest absolute Gasteiger partial charge is 0.387 e. The maximum absolute atomic E-state index is 12.3. The van der Waals surface area contributed by atoms with Crippen LogP contribution >= 0.6 is 0 Å². The molecule has 2 nitrogen and oxygen atoms in total. The van der Waals surface area contributed by atoms with Gasteiger partial charge in [-0.15, -0.1) is 0 Å². The molecule has 2 rings (SSSR count). The van der Waals surface area contributed by atoms with E-state index in [1.54, 1.807) is 12.1 Å². The van der Waals surface area contributed by atoms with Gasteiger partial charge in [0.15, 0.2) is 0 Å². The molecule has 1 fully saturated rings. The van der Waals surface area contributed by atoms with Crippen LogP contribution in [-0.2, 0) is 6.54 Å². The Morgan fingerprint density at radius 2 is 1.89 bits per heavy atom. The van der Waals surface area contributed by atoms with Crippen molar-refractivity contribution in [1.29, 1.82) is 0 Å². The van der Waals surface area contributed by atoms with Crippen molar-refractivity contribution >= 4 is 0 Å². The van der Waals surface area contributed by atoms with Crippen LogP contribution in [-0.4, -0.2) is 12.7 Å². The third kappa shape index (κ3) is 4.46. The highest BCUT2D eigenvalue weighted by Crippen LogP contribution is 2.25. The van der Waals surface area contributed by atoms with Crippen LogP contribution in [0.25, 0.3) is 0 Å². The number of hydrogen-bond donors (Lipinski definition) is 1. The van der Waals surface area contributed by atoms with Gasteiger partial charge in [-0.1, -0.05) is 25.1 Å². The van der Waals surface area contributed by atoms with Crippen LogP contribution in [0.15, 0.2) is 24.3 Å². The number of ether oxygens (including phenoxy) is 1. The summed E-state index contributed by atoms with van der Waals surface area (Å²) in [5.74, 6) is 1.08. The van der Waals surface area contributed by atoms with Crippen molar-refractivity contribution in [2.75, 3.05) is 0 Å². The first-order valence-corrected chi connectivity index (χ1v) is 6.91. The van der Waals surface area contributed by atoms with Gasteiger partial charge < -0.3 is 10.1 Å². The number of benzene rings is 1. The third-order valence-corrected chi connectivity index (χ3v) is 3.79. The summed E-state index contributed by atoms with van der Waals surface area (Å²) in [6, 6.07) is 7.47. The molecule has 0 bridgehead atoms. The quantitative estimate of drug-likeness (QED) is 0.873. The van der Waals surface area contributed by atoms with E-state index in [0.717, 1.165) is 11.5 Å². The zero-order valence-corrected chi connectivity index (χ0v) is 11.2. The predicted octanol–water partition coefficient (Wildman–Crippen LogP) is 3.96. The molecule has 0 amide bonds. The molecule has 4 heteroatoms. The Morgan fingerprint density at radius 1 is 1.21 bits per heavy atom. The molecule has 19 heavy (non-hydrogen) atoms. The Hall–Kier alpha value is -1.16. The minimum Gasteiger partial charge on any atom is -0.434 e. The fourth-order valence-electron chi connectivity index (χ4n) is 2.58. The van der Waals surface area contributed by atoms with Crippen molar-refractivity contribution in [2.45, 2.75) is 51.8 Å². The van der Waals surface area contributed by atoms with Crippen LogP contribution < -0.4 is 10.1 Å². The van der Waals surface area contributed by atoms with E-state index in [-0.39, 0.29) is 5.75 Å². The van der Waals surface area contributed by atoms with Gasteiger partial charge in [-0.3, -0.25) is 0 Å². The van der Waals surface area contributed by atoms with E-state index < -0.39 is 6.61 Å². The van der Waals surface area contributed by atoms with E-state index in [9.17, 15) is 8.78 Å². The van der Waals surface area contributed by atoms with Crippen LogP contribution in [0.4, 0.5) is 8.78 Å². The first kappa shape index (κ1) is 14.3. The van der Waals surface area contributed by atoms with Crippen LogP contribution in [0.1, 0.15) is 38.2 Å². The van der Waals surface area contributed by atoms with Crippen LogP contribution in [0.2, 0.25) is 0 Å². The van der Waals surface area contributed by atoms with Gasteiger partial charge in [0, 0.05) is 18.2 Å². The van der Waals surface area contributed by atoms with Crippen LogP contribution in [0.3, 0.4) is 0 Å². The molecule has 0 saturated heterocycles. The summed E-state index contributed by atoms with van der Waals surface area (Å²) in [6.45, 7) is 0.0981. The maximum atomic E-state index is 12.3. The number of para-hydroxylation sites is 1. The fourth-order valence-corrected chi connectivity index (χ4v) is 2.58. The molecule has 1 aromatic carbocycles. The van der Waals surface area contributed by atoms with E-state index in [2.05, 4.69) is 17.0 Å². The SMILES string of the molecule is CC1CCC(NCc2ccccc2OC(F)F)CC1. The van der Waals surface area contributed by atoms with Crippen molar-refractivity contribution in [1.82, 2.24) is 5.32 Å². The predicted molar refractivity (Wildman–Crippen MR) is 71.3 cm³/mol. The van der Waals surface area contributed by atoms with Gasteiger partial charge >= 0.3 is 6.61 Å². The Kier molecular flexibility index (Phi) is 5.14. The highest BCUT2D eigenvalue weighted by Gasteiger charge is 2.18. The zero-order chi connectivity index (χ0) is 13.7. The Morgan fingerprint density at radius 3 is 2.58 bits per heavy atom. The van der Waals surface area contributed by atoms with E-state index >= 15 is 0 Å². The summed E-state index contributed by atoms with van der Waals surface area (Å²) in [6.07, 6.45) is 4.82. The van der Waals surface area contributed by atoms with E-state index in [1.807, 2.05) is 12.1 Å². The second-order valence-electron chi connectivity index (χ2n) is 5.32. The van der Waals surface area contributed by atoms with Gasteiger partial charge in [-0.2, -0.15) is 8.78 Å². The lowest BCUT2D eigenvalue weighted by atomic mass is 9.87. The molecule has 0 heterocycles. The molecule has 0 aromatic heterocycles. The largest absolute Gasteiger partial charge is 0.434 e. The second kappa shape index (κ2) is 6.85. The number of halogens is 2. The molecule has 0 atom stereocenters. The first-order chi connectivity index (χ1) is 9.15. The Labute approximate surface area is 113 Å². The Balaban J connectivity index is 1.88. The van der Waals surface area contributed by atoms with Crippen molar-refractivity contribution < 1.29 is 13.5 Å². The summed E-state index contributed by atoms with van der Waals surface area (Å²) < 4.78 is 29.1. The molecule has 0 radical (unpaired) electrons. The first-order valence-electron chi connectivity index (χ1n) is 6.91. The number of hydrogen-bond acceptors (Lipinski definition) is 2. The Bertz CT molecular complexity index is 389. The minimum atomic E-state index is -2.77. The lowest BCUT2D eigenvalue weighted by Crippen LogP contribution is -2.32. The molecule has 106 valence electrons. The van der Waals surface area contributed by atoms with Gasteiger partial charge in [0.1, 0.15) is 5.75 Å². The lowest BCUT2D eigenvalue weighted by Gasteiger charge is -2.27. The molecule has 1 aromatic rings. The summed E-state index contributed by atoms with van der Waals surface area (Å²) in [4.78, 5) is 0. The van der Waals surface area contributed by atoms with E-state index in [0.29, 0.717) is 12.6 Å². The van der Waals surface area contributed by atoms with E-state index in [4.69, 9.17) is 0 Å². The fraction of sp³-hybridized carbons (Fsp3) is 0.600. The molecule has 0 unspecified atom stereocenters. The van der Waals surface area contributed by atoms with Crippen molar-refractivity contribution in [3.8, 4) is 5.75 Å². The lowest BCUT2D eigenvalue weighted by molar-refractivity contribution is -0.0505. The average Bonchev–Trinajstić information content (AvgIpc) is 2.39. The standard InChI is InChI=1S/C15H21F2NO/c1-11-6-8-13(9-7-11)18-10-12-4-2-3-5-14(12)19-15(16)17/h2-5,11,13,15,18H,6-10H2,1H3. The van der Waals surface area contributed by atoms with Crippen LogP contribution in [0.5, 0.6) is 5.75 Å². The maximum Gasteiger partial charge on any atom is 0.387 e. The zero-order valence-electron chi connectivity index (χ0n) is 11.2. The van der Waals surface area contributed by atoms with Gasteiger partial charge in [0.25, 0.3) is 0 Å². The molecule has 1 aliphatic carbocycles. The van der Waals surface area contributed by atoms with Gasteiger partial charge in [0.2, 0.25) is 0 Å². The third-order valence-electron chi connectivity index (χ3n) is 3.79. The summed E-state index contributed by atoms with van der Waals surface area (Å²) in [7, 11) is 0. The second-order valence-corrected chi connectivity index (χ2v) is 5.32. The molecular weight excluding hydrogens is 248 g/mol. The van der Waals surface area contributed by atoms with Crippen molar-refractivity contribution in [3.05, 3.63) is 29.8 Å². The normalized spacial score (nSPS) is 23.6.